The number of aromatic nitrogens is 1. The van der Waals surface area contributed by atoms with E-state index in [1.807, 2.05) is 0 Å². The van der Waals surface area contributed by atoms with Crippen molar-refractivity contribution in [1.29, 1.82) is 0 Å². The van der Waals surface area contributed by atoms with Gasteiger partial charge in [0.2, 0.25) is 0 Å². The topological polar surface area (TPSA) is 47.3 Å². The fourth-order valence-electron chi connectivity index (χ4n) is 1.85. The second-order valence-electron chi connectivity index (χ2n) is 4.83. The van der Waals surface area contributed by atoms with Gasteiger partial charge in [-0.05, 0) is 18.2 Å². The summed E-state index contributed by atoms with van der Waals surface area (Å²) in [6.07, 6.45) is 2.32. The summed E-state index contributed by atoms with van der Waals surface area (Å²) in [5.41, 5.74) is 0.652. The molecular weight excluding hydrogens is 259 g/mol. The molecule has 0 bridgehead atoms. The highest BCUT2D eigenvalue weighted by Crippen LogP contribution is 2.26. The smallest absolute Gasteiger partial charge is 0.196 e. The summed E-state index contributed by atoms with van der Waals surface area (Å²) in [6.45, 7) is 4.97. The van der Waals surface area contributed by atoms with Crippen molar-refractivity contribution in [3.8, 4) is 17.1 Å². The van der Waals surface area contributed by atoms with Gasteiger partial charge in [0.15, 0.2) is 23.2 Å². The maximum Gasteiger partial charge on any atom is 0.196 e. The molecule has 0 saturated carbocycles. The number of methoxy groups -OCH3 is 1. The fourth-order valence-corrected chi connectivity index (χ4v) is 1.85. The van der Waals surface area contributed by atoms with E-state index in [0.29, 0.717) is 29.7 Å². The van der Waals surface area contributed by atoms with Gasteiger partial charge in [-0.1, -0.05) is 13.8 Å². The van der Waals surface area contributed by atoms with Crippen molar-refractivity contribution >= 4 is 0 Å². The lowest BCUT2D eigenvalue weighted by Crippen LogP contribution is -2.24. The van der Waals surface area contributed by atoms with E-state index in [1.54, 1.807) is 18.3 Å². The summed E-state index contributed by atoms with van der Waals surface area (Å²) in [6, 6.07) is 5.14. The Labute approximate surface area is 118 Å². The standard InChI is InChI=1S/C15H19FN2O2/c1-10(2)17-7-6-15-18-9-14(20-15)11-4-5-13(19-3)12(16)8-11/h4-5,8-10,17H,6-7H2,1-3H3. The molecule has 0 atom stereocenters. The molecule has 4 nitrogen and oxygen atoms in total. The molecule has 1 N–H and O–H groups in total. The van der Waals surface area contributed by atoms with Crippen molar-refractivity contribution in [2.45, 2.75) is 26.3 Å². The summed E-state index contributed by atoms with van der Waals surface area (Å²) >= 11 is 0. The largest absolute Gasteiger partial charge is 0.494 e. The number of oxazole rings is 1. The predicted molar refractivity (Wildman–Crippen MR) is 75.3 cm³/mol. The van der Waals surface area contributed by atoms with Crippen LogP contribution in [0.4, 0.5) is 4.39 Å². The Morgan fingerprint density at radius 2 is 2.20 bits per heavy atom. The van der Waals surface area contributed by atoms with E-state index in [1.165, 1.54) is 13.2 Å². The Kier molecular flexibility index (Phi) is 4.74. The minimum atomic E-state index is -0.413. The highest BCUT2D eigenvalue weighted by molar-refractivity contribution is 5.57. The molecule has 1 heterocycles. The lowest BCUT2D eigenvalue weighted by atomic mass is 10.2. The molecule has 20 heavy (non-hydrogen) atoms. The second kappa shape index (κ2) is 6.52. The first-order chi connectivity index (χ1) is 9.60. The molecule has 1 aromatic carbocycles. The number of nitrogens with one attached hydrogen (secondary N) is 1. The molecule has 0 aliphatic heterocycles. The quantitative estimate of drug-likeness (QED) is 0.882. The van der Waals surface area contributed by atoms with E-state index in [-0.39, 0.29) is 5.75 Å². The molecule has 5 heteroatoms. The normalized spacial score (nSPS) is 11.1. The van der Waals surface area contributed by atoms with Crippen LogP contribution in [0.25, 0.3) is 11.3 Å². The van der Waals surface area contributed by atoms with Crippen LogP contribution in [-0.2, 0) is 6.42 Å². The van der Waals surface area contributed by atoms with Crippen LogP contribution in [0.3, 0.4) is 0 Å². The molecule has 0 radical (unpaired) electrons. The maximum absolute atomic E-state index is 13.6. The van der Waals surface area contributed by atoms with E-state index in [0.717, 1.165) is 6.54 Å². The zero-order chi connectivity index (χ0) is 14.5. The van der Waals surface area contributed by atoms with Crippen molar-refractivity contribution in [1.82, 2.24) is 10.3 Å². The van der Waals surface area contributed by atoms with Gasteiger partial charge in [0, 0.05) is 24.6 Å². The Bertz CT molecular complexity index is 567. The van der Waals surface area contributed by atoms with Gasteiger partial charge in [-0.25, -0.2) is 9.37 Å². The van der Waals surface area contributed by atoms with Crippen LogP contribution in [0.1, 0.15) is 19.7 Å². The molecule has 0 fully saturated rings. The second-order valence-corrected chi connectivity index (χ2v) is 4.83. The monoisotopic (exact) mass is 278 g/mol. The molecule has 0 aliphatic rings. The van der Waals surface area contributed by atoms with Gasteiger partial charge in [-0.3, -0.25) is 0 Å². The van der Waals surface area contributed by atoms with Crippen molar-refractivity contribution in [2.24, 2.45) is 0 Å². The van der Waals surface area contributed by atoms with Gasteiger partial charge in [-0.15, -0.1) is 0 Å². The van der Waals surface area contributed by atoms with Crippen molar-refractivity contribution in [3.05, 3.63) is 36.1 Å². The predicted octanol–water partition coefficient (Wildman–Crippen LogP) is 3.03. The fraction of sp³-hybridized carbons (Fsp3) is 0.400. The summed E-state index contributed by atoms with van der Waals surface area (Å²) in [5, 5.41) is 3.29. The first-order valence-electron chi connectivity index (χ1n) is 6.62. The van der Waals surface area contributed by atoms with Gasteiger partial charge in [-0.2, -0.15) is 0 Å². The van der Waals surface area contributed by atoms with Crippen molar-refractivity contribution in [3.63, 3.8) is 0 Å². The number of hydrogen-bond acceptors (Lipinski definition) is 4. The summed E-state index contributed by atoms with van der Waals surface area (Å²) < 4.78 is 24.1. The van der Waals surface area contributed by atoms with Crippen molar-refractivity contribution < 1.29 is 13.5 Å². The Morgan fingerprint density at radius 3 is 2.85 bits per heavy atom. The molecule has 0 saturated heterocycles. The highest BCUT2D eigenvalue weighted by atomic mass is 19.1. The number of halogens is 1. The number of hydrogen-bond donors (Lipinski definition) is 1. The molecule has 0 spiro atoms. The lowest BCUT2D eigenvalue weighted by Gasteiger charge is -2.05. The van der Waals surface area contributed by atoms with Crippen LogP contribution in [-0.4, -0.2) is 24.7 Å². The van der Waals surface area contributed by atoms with Gasteiger partial charge in [0.1, 0.15) is 0 Å². The van der Waals surface area contributed by atoms with Crippen LogP contribution < -0.4 is 10.1 Å². The average molecular weight is 278 g/mol. The molecular formula is C15H19FN2O2. The molecule has 2 rings (SSSR count). The Hall–Kier alpha value is -1.88. The van der Waals surface area contributed by atoms with E-state index in [4.69, 9.17) is 9.15 Å². The first kappa shape index (κ1) is 14.5. The third-order valence-corrected chi connectivity index (χ3v) is 2.88. The molecule has 2 aromatic rings. The zero-order valence-corrected chi connectivity index (χ0v) is 11.9. The third kappa shape index (κ3) is 3.57. The van der Waals surface area contributed by atoms with E-state index in [2.05, 4.69) is 24.1 Å². The van der Waals surface area contributed by atoms with Crippen LogP contribution in [0.15, 0.2) is 28.8 Å². The first-order valence-corrected chi connectivity index (χ1v) is 6.62. The molecule has 0 amide bonds. The molecule has 0 aliphatic carbocycles. The maximum atomic E-state index is 13.6. The van der Waals surface area contributed by atoms with Gasteiger partial charge >= 0.3 is 0 Å². The number of ether oxygens (including phenoxy) is 1. The van der Waals surface area contributed by atoms with Gasteiger partial charge < -0.3 is 14.5 Å². The minimum Gasteiger partial charge on any atom is -0.494 e. The van der Waals surface area contributed by atoms with Crippen LogP contribution in [0.2, 0.25) is 0 Å². The zero-order valence-electron chi connectivity index (χ0n) is 11.9. The van der Waals surface area contributed by atoms with Crippen LogP contribution in [0, 0.1) is 5.82 Å². The Balaban J connectivity index is 2.06. The SMILES string of the molecule is COc1ccc(-c2cnc(CCNC(C)C)o2)cc1F. The summed E-state index contributed by atoms with van der Waals surface area (Å²) in [7, 11) is 1.44. The van der Waals surface area contributed by atoms with Crippen LogP contribution >= 0.6 is 0 Å². The minimum absolute atomic E-state index is 0.217. The number of benzene rings is 1. The van der Waals surface area contributed by atoms with Crippen molar-refractivity contribution in [2.75, 3.05) is 13.7 Å². The highest BCUT2D eigenvalue weighted by Gasteiger charge is 2.10. The molecule has 1 aromatic heterocycles. The average Bonchev–Trinajstić information content (AvgIpc) is 2.87. The van der Waals surface area contributed by atoms with Gasteiger partial charge in [0.25, 0.3) is 0 Å². The van der Waals surface area contributed by atoms with E-state index in [9.17, 15) is 4.39 Å². The van der Waals surface area contributed by atoms with E-state index >= 15 is 0 Å². The Morgan fingerprint density at radius 1 is 1.40 bits per heavy atom. The van der Waals surface area contributed by atoms with Gasteiger partial charge in [0.05, 0.1) is 13.3 Å². The molecule has 108 valence electrons. The summed E-state index contributed by atoms with van der Waals surface area (Å²) in [4.78, 5) is 4.20. The molecule has 0 unspecified atom stereocenters. The summed E-state index contributed by atoms with van der Waals surface area (Å²) in [5.74, 6) is 1.01. The number of rotatable bonds is 6. The lowest BCUT2D eigenvalue weighted by molar-refractivity contribution is 0.386. The van der Waals surface area contributed by atoms with E-state index < -0.39 is 5.82 Å². The third-order valence-electron chi connectivity index (χ3n) is 2.88. The van der Waals surface area contributed by atoms with Crippen LogP contribution in [0.5, 0.6) is 5.75 Å². The number of nitrogens with zero attached hydrogens (tertiary/aromatic N) is 1.